The van der Waals surface area contributed by atoms with Crippen LogP contribution < -0.4 is 0 Å². The Hall–Kier alpha value is -0.740. The minimum atomic E-state index is -0.521. The molecule has 10 heavy (non-hydrogen) atoms. The summed E-state index contributed by atoms with van der Waals surface area (Å²) in [7, 11) is 0. The monoisotopic (exact) mass is 134 g/mol. The Kier molecular flexibility index (Phi) is 0.988. The van der Waals surface area contributed by atoms with Crippen LogP contribution in [0.15, 0.2) is 11.6 Å². The van der Waals surface area contributed by atoms with E-state index >= 15 is 0 Å². The molecule has 1 heteroatoms. The van der Waals surface area contributed by atoms with Crippen molar-refractivity contribution in [2.45, 2.75) is 24.9 Å². The molecule has 0 radical (unpaired) electrons. The molecule has 0 saturated heterocycles. The highest BCUT2D eigenvalue weighted by molar-refractivity contribution is 5.38. The number of fused-ring (bicyclic) bond motifs is 2. The summed E-state index contributed by atoms with van der Waals surface area (Å²) < 4.78 is 0. The lowest BCUT2D eigenvalue weighted by molar-refractivity contribution is 0.103. The second kappa shape index (κ2) is 1.65. The van der Waals surface area contributed by atoms with Gasteiger partial charge in [-0.2, -0.15) is 0 Å². The second-order valence-electron chi connectivity index (χ2n) is 3.29. The van der Waals surface area contributed by atoms with Gasteiger partial charge in [0, 0.05) is 5.57 Å². The van der Waals surface area contributed by atoms with Crippen LogP contribution in [0.1, 0.15) is 19.3 Å². The first-order valence-electron chi connectivity index (χ1n) is 3.65. The Bertz CT molecular complexity index is 234. The molecule has 1 saturated carbocycles. The van der Waals surface area contributed by atoms with Crippen molar-refractivity contribution in [1.82, 2.24) is 0 Å². The number of terminal acetylenes is 1. The first-order chi connectivity index (χ1) is 4.73. The minimum Gasteiger partial charge on any atom is -0.386 e. The van der Waals surface area contributed by atoms with Gasteiger partial charge in [0.15, 0.2) is 0 Å². The van der Waals surface area contributed by atoms with Crippen LogP contribution in [0.25, 0.3) is 0 Å². The summed E-state index contributed by atoms with van der Waals surface area (Å²) in [4.78, 5) is 0. The van der Waals surface area contributed by atoms with Crippen molar-refractivity contribution in [2.24, 2.45) is 5.92 Å². The van der Waals surface area contributed by atoms with Crippen LogP contribution in [0.3, 0.4) is 0 Å². The summed E-state index contributed by atoms with van der Waals surface area (Å²) >= 11 is 0. The lowest BCUT2D eigenvalue weighted by Gasteiger charge is -2.14. The zero-order chi connectivity index (χ0) is 7.19. The maximum Gasteiger partial charge on any atom is 0.0845 e. The highest BCUT2D eigenvalue weighted by atomic mass is 16.3. The molecular formula is C9H10O. The Morgan fingerprint density at radius 3 is 2.90 bits per heavy atom. The van der Waals surface area contributed by atoms with Crippen LogP contribution >= 0.6 is 0 Å². The average Bonchev–Trinajstić information content (AvgIpc) is 2.41. The van der Waals surface area contributed by atoms with Crippen LogP contribution in [-0.2, 0) is 0 Å². The van der Waals surface area contributed by atoms with Gasteiger partial charge in [-0.25, -0.2) is 0 Å². The summed E-state index contributed by atoms with van der Waals surface area (Å²) in [6, 6.07) is 0. The van der Waals surface area contributed by atoms with Gasteiger partial charge in [-0.3, -0.25) is 0 Å². The van der Waals surface area contributed by atoms with Crippen LogP contribution in [0.4, 0.5) is 0 Å². The van der Waals surface area contributed by atoms with Crippen molar-refractivity contribution in [2.75, 3.05) is 0 Å². The SMILES string of the molecule is C#CC1=C[C@]2(O)CC[C@H]1C2. The van der Waals surface area contributed by atoms with Gasteiger partial charge in [-0.05, 0) is 31.3 Å². The van der Waals surface area contributed by atoms with Crippen LogP contribution in [0.2, 0.25) is 0 Å². The van der Waals surface area contributed by atoms with E-state index in [4.69, 9.17) is 6.42 Å². The fourth-order valence-corrected chi connectivity index (χ4v) is 2.02. The van der Waals surface area contributed by atoms with Crippen molar-refractivity contribution in [3.05, 3.63) is 11.6 Å². The fourth-order valence-electron chi connectivity index (χ4n) is 2.02. The molecule has 0 aromatic rings. The zero-order valence-electron chi connectivity index (χ0n) is 5.80. The molecule has 0 unspecified atom stereocenters. The number of rotatable bonds is 0. The van der Waals surface area contributed by atoms with Gasteiger partial charge in [-0.15, -0.1) is 6.42 Å². The first kappa shape index (κ1) is 6.00. The van der Waals surface area contributed by atoms with Gasteiger partial charge in [0.25, 0.3) is 0 Å². The molecule has 1 N–H and O–H groups in total. The highest BCUT2D eigenvalue weighted by Gasteiger charge is 2.42. The van der Waals surface area contributed by atoms with E-state index in [1.807, 2.05) is 6.08 Å². The predicted octanol–water partition coefficient (Wildman–Crippen LogP) is 1.09. The van der Waals surface area contributed by atoms with Gasteiger partial charge in [0.05, 0.1) is 5.60 Å². The lowest BCUT2D eigenvalue weighted by atomic mass is 9.98. The molecule has 0 spiro atoms. The Labute approximate surface area is 60.8 Å². The van der Waals surface area contributed by atoms with Crippen LogP contribution in [0, 0.1) is 18.3 Å². The molecule has 52 valence electrons. The van der Waals surface area contributed by atoms with E-state index in [1.54, 1.807) is 0 Å². The molecular weight excluding hydrogens is 124 g/mol. The Balaban J connectivity index is 2.37. The maximum atomic E-state index is 9.67. The summed E-state index contributed by atoms with van der Waals surface area (Å²) in [6.45, 7) is 0. The van der Waals surface area contributed by atoms with Crippen molar-refractivity contribution >= 4 is 0 Å². The summed E-state index contributed by atoms with van der Waals surface area (Å²) in [5.74, 6) is 3.12. The predicted molar refractivity (Wildman–Crippen MR) is 39.2 cm³/mol. The number of hydrogen-bond donors (Lipinski definition) is 1. The molecule has 2 aliphatic rings. The van der Waals surface area contributed by atoms with E-state index in [0.717, 1.165) is 24.8 Å². The molecule has 0 aliphatic heterocycles. The van der Waals surface area contributed by atoms with E-state index < -0.39 is 5.60 Å². The number of allylic oxidation sites excluding steroid dienone is 1. The molecule has 0 amide bonds. The normalized spacial score (nSPS) is 43.2. The molecule has 1 nitrogen and oxygen atoms in total. The van der Waals surface area contributed by atoms with Crippen molar-refractivity contribution in [3.8, 4) is 12.3 Å². The third-order valence-corrected chi connectivity index (χ3v) is 2.56. The molecule has 1 fully saturated rings. The summed E-state index contributed by atoms with van der Waals surface area (Å²) in [5, 5.41) is 9.67. The topological polar surface area (TPSA) is 20.2 Å². The Morgan fingerprint density at radius 1 is 1.80 bits per heavy atom. The van der Waals surface area contributed by atoms with Gasteiger partial charge >= 0.3 is 0 Å². The largest absolute Gasteiger partial charge is 0.386 e. The number of aliphatic hydroxyl groups is 1. The maximum absolute atomic E-state index is 9.67. The Morgan fingerprint density at radius 2 is 2.60 bits per heavy atom. The van der Waals surface area contributed by atoms with Gasteiger partial charge < -0.3 is 5.11 Å². The van der Waals surface area contributed by atoms with Gasteiger partial charge in [-0.1, -0.05) is 5.92 Å². The second-order valence-corrected chi connectivity index (χ2v) is 3.29. The quantitative estimate of drug-likeness (QED) is 0.492. The van der Waals surface area contributed by atoms with E-state index in [1.165, 1.54) is 0 Å². The van der Waals surface area contributed by atoms with E-state index in [-0.39, 0.29) is 0 Å². The molecule has 0 aromatic carbocycles. The van der Waals surface area contributed by atoms with Crippen LogP contribution in [-0.4, -0.2) is 10.7 Å². The third kappa shape index (κ3) is 0.629. The standard InChI is InChI=1S/C9H10O/c1-2-7-5-9(10)4-3-8(7)6-9/h1,5,8,10H,3-4,6H2/t8-,9+/m0/s1. The molecule has 2 atom stereocenters. The molecule has 0 heterocycles. The lowest BCUT2D eigenvalue weighted by Crippen LogP contribution is -2.18. The number of hydrogen-bond acceptors (Lipinski definition) is 1. The van der Waals surface area contributed by atoms with Gasteiger partial charge in [0.1, 0.15) is 0 Å². The molecule has 2 bridgehead atoms. The van der Waals surface area contributed by atoms with E-state index in [9.17, 15) is 5.11 Å². The molecule has 2 aliphatic carbocycles. The van der Waals surface area contributed by atoms with Crippen molar-refractivity contribution in [3.63, 3.8) is 0 Å². The third-order valence-electron chi connectivity index (χ3n) is 2.56. The highest BCUT2D eigenvalue weighted by Crippen LogP contribution is 2.46. The van der Waals surface area contributed by atoms with Crippen molar-refractivity contribution < 1.29 is 5.11 Å². The molecule has 2 rings (SSSR count). The van der Waals surface area contributed by atoms with E-state index in [2.05, 4.69) is 5.92 Å². The van der Waals surface area contributed by atoms with E-state index in [0.29, 0.717) is 5.92 Å². The minimum absolute atomic E-state index is 0.495. The first-order valence-corrected chi connectivity index (χ1v) is 3.65. The smallest absolute Gasteiger partial charge is 0.0845 e. The molecule has 0 aromatic heterocycles. The van der Waals surface area contributed by atoms with Crippen molar-refractivity contribution in [1.29, 1.82) is 0 Å². The van der Waals surface area contributed by atoms with Gasteiger partial charge in [0.2, 0.25) is 0 Å². The fraction of sp³-hybridized carbons (Fsp3) is 0.556. The average molecular weight is 134 g/mol. The summed E-state index contributed by atoms with van der Waals surface area (Å²) in [5.41, 5.74) is 0.501. The summed E-state index contributed by atoms with van der Waals surface area (Å²) in [6.07, 6.45) is 9.96. The van der Waals surface area contributed by atoms with Crippen LogP contribution in [0.5, 0.6) is 0 Å². The zero-order valence-corrected chi connectivity index (χ0v) is 5.80.